The van der Waals surface area contributed by atoms with Gasteiger partial charge in [-0.1, -0.05) is 59.8 Å². The van der Waals surface area contributed by atoms with Gasteiger partial charge in [0.1, 0.15) is 11.2 Å². The molecule has 31 heavy (non-hydrogen) atoms. The van der Waals surface area contributed by atoms with Crippen molar-refractivity contribution in [3.63, 3.8) is 0 Å². The molecular formula is C28H44O3. The molecule has 174 valence electrons. The van der Waals surface area contributed by atoms with Gasteiger partial charge in [-0.3, -0.25) is 0 Å². The zero-order valence-electron chi connectivity index (χ0n) is 20.6. The molecule has 2 heterocycles. The molecule has 0 amide bonds. The summed E-state index contributed by atoms with van der Waals surface area (Å²) in [6.45, 7) is 14.4. The zero-order valence-corrected chi connectivity index (χ0v) is 20.6. The fourth-order valence-corrected chi connectivity index (χ4v) is 8.71. The summed E-state index contributed by atoms with van der Waals surface area (Å²) in [6.07, 6.45) is 17.0. The lowest BCUT2D eigenvalue weighted by atomic mass is 9.43. The third-order valence-electron chi connectivity index (χ3n) is 11.1. The largest absolute Gasteiger partial charge is 0.393 e. The SMILES string of the molecule is CC(C)[C@@H](C)/C=C/[C@@H](C)[C@@H]1CC[C@@H]2[C@]1(C)CC[C@H]1[C@]23C=C[C@]2(C[C@H](O)CC[C@@]12C)OO3. The summed E-state index contributed by atoms with van der Waals surface area (Å²) in [6, 6.07) is 0. The van der Waals surface area contributed by atoms with Crippen molar-refractivity contribution in [2.45, 2.75) is 104 Å². The number of aliphatic hydroxyl groups excluding tert-OH is 1. The van der Waals surface area contributed by atoms with Crippen LogP contribution < -0.4 is 0 Å². The maximum Gasteiger partial charge on any atom is 0.130 e. The van der Waals surface area contributed by atoms with E-state index in [4.69, 9.17) is 9.78 Å². The summed E-state index contributed by atoms with van der Waals surface area (Å²) in [7, 11) is 0. The van der Waals surface area contributed by atoms with Crippen LogP contribution in [-0.2, 0) is 9.78 Å². The van der Waals surface area contributed by atoms with Crippen molar-refractivity contribution in [1.82, 2.24) is 0 Å². The van der Waals surface area contributed by atoms with Crippen LogP contribution in [0.5, 0.6) is 0 Å². The third-order valence-corrected chi connectivity index (χ3v) is 11.1. The van der Waals surface area contributed by atoms with Crippen molar-refractivity contribution in [1.29, 1.82) is 0 Å². The number of hydrogen-bond acceptors (Lipinski definition) is 3. The van der Waals surface area contributed by atoms with Crippen LogP contribution in [0.4, 0.5) is 0 Å². The molecule has 3 heteroatoms. The molecule has 6 rings (SSSR count). The average Bonchev–Trinajstić information content (AvgIpc) is 3.09. The number of rotatable bonds is 4. The summed E-state index contributed by atoms with van der Waals surface area (Å²) in [5, 5.41) is 10.4. The van der Waals surface area contributed by atoms with E-state index in [0.717, 1.165) is 12.8 Å². The van der Waals surface area contributed by atoms with E-state index in [1.165, 1.54) is 25.7 Å². The molecule has 3 saturated carbocycles. The van der Waals surface area contributed by atoms with Gasteiger partial charge in [0, 0.05) is 23.7 Å². The molecule has 1 N–H and O–H groups in total. The number of fused-ring (bicyclic) bond motifs is 2. The number of hydrogen-bond donors (Lipinski definition) is 1. The highest BCUT2D eigenvalue weighted by molar-refractivity contribution is 5.33. The minimum atomic E-state index is -0.439. The Labute approximate surface area is 189 Å². The molecule has 2 aliphatic heterocycles. The molecule has 1 saturated heterocycles. The van der Waals surface area contributed by atoms with Gasteiger partial charge in [0.05, 0.1) is 6.10 Å². The van der Waals surface area contributed by atoms with Crippen LogP contribution in [0.25, 0.3) is 0 Å². The van der Waals surface area contributed by atoms with Crippen molar-refractivity contribution in [2.75, 3.05) is 0 Å². The van der Waals surface area contributed by atoms with Crippen LogP contribution in [0.15, 0.2) is 24.3 Å². The maximum atomic E-state index is 10.4. The average molecular weight is 429 g/mol. The monoisotopic (exact) mass is 428 g/mol. The highest BCUT2D eigenvalue weighted by Crippen LogP contribution is 2.72. The van der Waals surface area contributed by atoms with Crippen LogP contribution in [-0.4, -0.2) is 22.4 Å². The van der Waals surface area contributed by atoms with Gasteiger partial charge in [-0.05, 0) is 73.7 Å². The minimum absolute atomic E-state index is 0.0663. The van der Waals surface area contributed by atoms with E-state index in [1.54, 1.807) is 0 Å². The summed E-state index contributed by atoms with van der Waals surface area (Å²) in [4.78, 5) is 12.8. The van der Waals surface area contributed by atoms with E-state index < -0.39 is 5.60 Å². The Morgan fingerprint density at radius 2 is 1.68 bits per heavy atom. The highest BCUT2D eigenvalue weighted by Gasteiger charge is 2.74. The maximum absolute atomic E-state index is 10.4. The van der Waals surface area contributed by atoms with Crippen LogP contribution in [0.3, 0.4) is 0 Å². The first-order valence-corrected chi connectivity index (χ1v) is 13.0. The topological polar surface area (TPSA) is 38.7 Å². The summed E-state index contributed by atoms with van der Waals surface area (Å²) in [5.74, 6) is 3.64. The van der Waals surface area contributed by atoms with Crippen LogP contribution >= 0.6 is 0 Å². The van der Waals surface area contributed by atoms with E-state index >= 15 is 0 Å². The van der Waals surface area contributed by atoms with E-state index in [2.05, 4.69) is 65.8 Å². The molecule has 0 aromatic carbocycles. The van der Waals surface area contributed by atoms with Crippen LogP contribution in [0, 0.1) is 46.3 Å². The van der Waals surface area contributed by atoms with E-state index in [9.17, 15) is 5.11 Å². The normalized spacial score (nSPS) is 52.8. The van der Waals surface area contributed by atoms with Crippen LogP contribution in [0.1, 0.15) is 86.5 Å². The molecule has 4 fully saturated rings. The smallest absolute Gasteiger partial charge is 0.130 e. The Balaban J connectivity index is 1.45. The lowest BCUT2D eigenvalue weighted by Gasteiger charge is -2.69. The van der Waals surface area contributed by atoms with Crippen molar-refractivity contribution >= 4 is 0 Å². The Morgan fingerprint density at radius 3 is 2.35 bits per heavy atom. The Morgan fingerprint density at radius 1 is 0.903 bits per heavy atom. The van der Waals surface area contributed by atoms with Crippen molar-refractivity contribution < 1.29 is 14.9 Å². The van der Waals surface area contributed by atoms with Crippen LogP contribution in [0.2, 0.25) is 0 Å². The lowest BCUT2D eigenvalue weighted by Crippen LogP contribution is -2.73. The Bertz CT molecular complexity index is 772. The Hall–Kier alpha value is -0.640. The summed E-state index contributed by atoms with van der Waals surface area (Å²) in [5.41, 5.74) is -0.366. The minimum Gasteiger partial charge on any atom is -0.393 e. The molecule has 2 spiro atoms. The molecule has 0 unspecified atom stereocenters. The molecule has 10 atom stereocenters. The van der Waals surface area contributed by atoms with Gasteiger partial charge in [-0.25, -0.2) is 9.78 Å². The van der Waals surface area contributed by atoms with Gasteiger partial charge >= 0.3 is 0 Å². The standard InChI is InChI=1S/C28H44O3/c1-18(2)19(3)7-8-20(4)22-9-10-23-25(22,5)13-12-24-26(6)14-11-21(29)17-27(26)15-16-28(23,24)31-30-27/h7-8,15-16,18-24,29H,9-14,17H2,1-6H3/b8-7+/t19-,20+,21+,22-,23+,24+,25+,26-,27+,28-/m0/s1. The predicted octanol–water partition coefficient (Wildman–Crippen LogP) is 6.47. The van der Waals surface area contributed by atoms with Crippen molar-refractivity contribution in [2.24, 2.45) is 46.3 Å². The van der Waals surface area contributed by atoms with Crippen molar-refractivity contribution in [3.05, 3.63) is 24.3 Å². The molecule has 2 bridgehead atoms. The van der Waals surface area contributed by atoms with Gasteiger partial charge in [0.2, 0.25) is 0 Å². The van der Waals surface area contributed by atoms with Gasteiger partial charge in [0.25, 0.3) is 0 Å². The number of aliphatic hydroxyl groups is 1. The fourth-order valence-electron chi connectivity index (χ4n) is 8.71. The third kappa shape index (κ3) is 2.88. The first-order chi connectivity index (χ1) is 14.6. The van der Waals surface area contributed by atoms with Gasteiger partial charge in [0.15, 0.2) is 0 Å². The first-order valence-electron chi connectivity index (χ1n) is 13.0. The molecule has 0 aromatic heterocycles. The summed E-state index contributed by atoms with van der Waals surface area (Å²) >= 11 is 0. The zero-order chi connectivity index (χ0) is 22.2. The molecular weight excluding hydrogens is 384 g/mol. The quantitative estimate of drug-likeness (QED) is 0.412. The molecule has 0 aromatic rings. The van der Waals surface area contributed by atoms with Gasteiger partial charge < -0.3 is 5.11 Å². The first kappa shape index (κ1) is 22.2. The fraction of sp³-hybridized carbons (Fsp3) is 0.857. The highest BCUT2D eigenvalue weighted by atomic mass is 17.2. The second-order valence-electron chi connectivity index (χ2n) is 12.7. The lowest BCUT2D eigenvalue weighted by molar-refractivity contribution is -0.497. The van der Waals surface area contributed by atoms with E-state index in [-0.39, 0.29) is 22.5 Å². The summed E-state index contributed by atoms with van der Waals surface area (Å²) < 4.78 is 0. The second kappa shape index (κ2) is 7.18. The second-order valence-corrected chi connectivity index (χ2v) is 12.7. The molecule has 6 aliphatic rings. The van der Waals surface area contributed by atoms with E-state index in [0.29, 0.717) is 41.9 Å². The van der Waals surface area contributed by atoms with Gasteiger partial charge in [-0.15, -0.1) is 0 Å². The van der Waals surface area contributed by atoms with Gasteiger partial charge in [-0.2, -0.15) is 0 Å². The predicted molar refractivity (Wildman–Crippen MR) is 124 cm³/mol. The molecule has 4 aliphatic carbocycles. The Kier molecular flexibility index (Phi) is 5.13. The van der Waals surface area contributed by atoms with Crippen molar-refractivity contribution in [3.8, 4) is 0 Å². The molecule has 0 radical (unpaired) electrons. The number of allylic oxidation sites excluding steroid dienone is 2. The molecule has 3 nitrogen and oxygen atoms in total. The van der Waals surface area contributed by atoms with E-state index in [1.807, 2.05) is 0 Å².